The lowest BCUT2D eigenvalue weighted by Crippen LogP contribution is -2.06. The number of benzene rings is 2. The molecule has 2 aromatic rings. The minimum Gasteiger partial charge on any atom is -0.378 e. The van der Waals surface area contributed by atoms with E-state index in [0.29, 0.717) is 10.6 Å². The van der Waals surface area contributed by atoms with Gasteiger partial charge in [0, 0.05) is 16.2 Å². The quantitative estimate of drug-likeness (QED) is 0.842. The summed E-state index contributed by atoms with van der Waals surface area (Å²) in [6.45, 7) is 2.05. The second kappa shape index (κ2) is 6.10. The summed E-state index contributed by atoms with van der Waals surface area (Å²) in [5.41, 5.74) is 2.68. The number of halogens is 2. The van der Waals surface area contributed by atoms with E-state index in [4.69, 9.17) is 16.9 Å². The average molecular weight is 336 g/mol. The Morgan fingerprint density at radius 1 is 1.26 bits per heavy atom. The molecular weight excluding hydrogens is 324 g/mol. The van der Waals surface area contributed by atoms with E-state index in [1.165, 1.54) is 0 Å². The maximum atomic E-state index is 8.91. The number of hydrogen-bond acceptors (Lipinski definition) is 2. The van der Waals surface area contributed by atoms with E-state index in [0.717, 1.165) is 15.7 Å². The van der Waals surface area contributed by atoms with Crippen LogP contribution in [0.1, 0.15) is 24.1 Å². The van der Waals surface area contributed by atoms with E-state index in [-0.39, 0.29) is 6.04 Å². The minimum atomic E-state index is 0.102. The van der Waals surface area contributed by atoms with Gasteiger partial charge in [0.1, 0.15) is 0 Å². The Morgan fingerprint density at radius 2 is 2.05 bits per heavy atom. The molecule has 2 rings (SSSR count). The lowest BCUT2D eigenvalue weighted by Gasteiger charge is -2.16. The summed E-state index contributed by atoms with van der Waals surface area (Å²) in [5, 5.41) is 12.9. The SMILES string of the molecule is CC(Nc1ccc(Br)c(Cl)c1)c1cccc(C#N)c1. The number of nitrogens with zero attached hydrogens (tertiary/aromatic N) is 1. The summed E-state index contributed by atoms with van der Waals surface area (Å²) in [7, 11) is 0. The van der Waals surface area contributed by atoms with Crippen LogP contribution in [0.5, 0.6) is 0 Å². The Labute approximate surface area is 126 Å². The Morgan fingerprint density at radius 3 is 2.74 bits per heavy atom. The van der Waals surface area contributed by atoms with Crippen LogP contribution in [0.2, 0.25) is 5.02 Å². The van der Waals surface area contributed by atoms with Gasteiger partial charge in [-0.25, -0.2) is 0 Å². The zero-order valence-electron chi connectivity index (χ0n) is 10.3. The highest BCUT2D eigenvalue weighted by molar-refractivity contribution is 9.10. The van der Waals surface area contributed by atoms with Gasteiger partial charge in [-0.05, 0) is 58.7 Å². The predicted molar refractivity (Wildman–Crippen MR) is 82.3 cm³/mol. The Balaban J connectivity index is 2.18. The molecule has 1 unspecified atom stereocenters. The van der Waals surface area contributed by atoms with E-state index in [2.05, 4.69) is 27.3 Å². The van der Waals surface area contributed by atoms with Gasteiger partial charge in [0.25, 0.3) is 0 Å². The summed E-state index contributed by atoms with van der Waals surface area (Å²) in [5.74, 6) is 0. The molecule has 0 heterocycles. The van der Waals surface area contributed by atoms with Crippen LogP contribution in [0, 0.1) is 11.3 Å². The second-order valence-corrected chi connectivity index (χ2v) is 5.49. The molecule has 0 radical (unpaired) electrons. The van der Waals surface area contributed by atoms with Gasteiger partial charge in [-0.15, -0.1) is 0 Å². The molecule has 2 aromatic carbocycles. The number of nitrogens with one attached hydrogen (secondary N) is 1. The van der Waals surface area contributed by atoms with E-state index in [1.807, 2.05) is 43.3 Å². The lowest BCUT2D eigenvalue weighted by molar-refractivity contribution is 0.884. The third-order valence-corrected chi connectivity index (χ3v) is 4.05. The molecule has 0 amide bonds. The smallest absolute Gasteiger partial charge is 0.0991 e. The Hall–Kier alpha value is -1.50. The summed E-state index contributed by atoms with van der Waals surface area (Å²) < 4.78 is 0.874. The molecule has 4 heteroatoms. The zero-order chi connectivity index (χ0) is 13.8. The zero-order valence-corrected chi connectivity index (χ0v) is 12.7. The first kappa shape index (κ1) is 13.9. The molecule has 0 aromatic heterocycles. The highest BCUT2D eigenvalue weighted by atomic mass is 79.9. The van der Waals surface area contributed by atoms with Crippen LogP contribution in [-0.2, 0) is 0 Å². The molecule has 0 aliphatic carbocycles. The van der Waals surface area contributed by atoms with Gasteiger partial charge in [-0.2, -0.15) is 5.26 Å². The fraction of sp³-hybridized carbons (Fsp3) is 0.133. The first-order valence-corrected chi connectivity index (χ1v) is 6.99. The molecule has 0 aliphatic heterocycles. The van der Waals surface area contributed by atoms with Crippen LogP contribution in [0.25, 0.3) is 0 Å². The van der Waals surface area contributed by atoms with Crippen molar-refractivity contribution >= 4 is 33.2 Å². The number of hydrogen-bond donors (Lipinski definition) is 1. The van der Waals surface area contributed by atoms with E-state index in [9.17, 15) is 0 Å². The number of anilines is 1. The average Bonchev–Trinajstić information content (AvgIpc) is 2.43. The topological polar surface area (TPSA) is 35.8 Å². The monoisotopic (exact) mass is 334 g/mol. The molecule has 96 valence electrons. The molecule has 2 nitrogen and oxygen atoms in total. The van der Waals surface area contributed by atoms with Crippen LogP contribution in [-0.4, -0.2) is 0 Å². The molecule has 0 fully saturated rings. The van der Waals surface area contributed by atoms with Crippen LogP contribution >= 0.6 is 27.5 Å². The van der Waals surface area contributed by atoms with E-state index >= 15 is 0 Å². The molecule has 1 atom stereocenters. The number of rotatable bonds is 3. The van der Waals surface area contributed by atoms with E-state index in [1.54, 1.807) is 6.07 Å². The highest BCUT2D eigenvalue weighted by Gasteiger charge is 2.07. The summed E-state index contributed by atoms with van der Waals surface area (Å²) in [6.07, 6.45) is 0. The summed E-state index contributed by atoms with van der Waals surface area (Å²) in [4.78, 5) is 0. The van der Waals surface area contributed by atoms with Gasteiger partial charge in [-0.1, -0.05) is 23.7 Å². The first-order chi connectivity index (χ1) is 9.10. The van der Waals surface area contributed by atoms with E-state index < -0.39 is 0 Å². The second-order valence-electron chi connectivity index (χ2n) is 4.23. The van der Waals surface area contributed by atoms with Gasteiger partial charge >= 0.3 is 0 Å². The third kappa shape index (κ3) is 3.50. The fourth-order valence-corrected chi connectivity index (χ4v) is 2.22. The molecule has 0 spiro atoms. The van der Waals surface area contributed by atoms with Crippen molar-refractivity contribution in [1.29, 1.82) is 5.26 Å². The fourth-order valence-electron chi connectivity index (χ4n) is 1.80. The molecule has 0 saturated carbocycles. The molecule has 0 saturated heterocycles. The van der Waals surface area contributed by atoms with Crippen LogP contribution < -0.4 is 5.32 Å². The van der Waals surface area contributed by atoms with Crippen molar-refractivity contribution in [2.45, 2.75) is 13.0 Å². The third-order valence-electron chi connectivity index (χ3n) is 2.82. The summed E-state index contributed by atoms with van der Waals surface area (Å²) in [6, 6.07) is 15.6. The molecule has 1 N–H and O–H groups in total. The van der Waals surface area contributed by atoms with Crippen molar-refractivity contribution in [3.8, 4) is 6.07 Å². The molecule has 0 bridgehead atoms. The Kier molecular flexibility index (Phi) is 4.47. The van der Waals surface area contributed by atoms with Gasteiger partial charge in [0.15, 0.2) is 0 Å². The normalized spacial score (nSPS) is 11.7. The van der Waals surface area contributed by atoms with Crippen molar-refractivity contribution in [2.24, 2.45) is 0 Å². The standard InChI is InChI=1S/C15H12BrClN2/c1-10(12-4-2-3-11(7-12)9-18)19-13-5-6-14(16)15(17)8-13/h2-8,10,19H,1H3. The number of nitriles is 1. The van der Waals surface area contributed by atoms with Crippen molar-refractivity contribution in [3.63, 3.8) is 0 Å². The van der Waals surface area contributed by atoms with Gasteiger partial charge in [0.2, 0.25) is 0 Å². The Bertz CT molecular complexity index is 634. The predicted octanol–water partition coefficient (Wildman–Crippen LogP) is 5.15. The lowest BCUT2D eigenvalue weighted by atomic mass is 10.1. The van der Waals surface area contributed by atoms with Crippen molar-refractivity contribution in [2.75, 3.05) is 5.32 Å². The van der Waals surface area contributed by atoms with Crippen molar-refractivity contribution in [1.82, 2.24) is 0 Å². The molecular formula is C15H12BrClN2. The van der Waals surface area contributed by atoms with Gasteiger partial charge in [0.05, 0.1) is 16.7 Å². The van der Waals surface area contributed by atoms with Gasteiger partial charge in [-0.3, -0.25) is 0 Å². The van der Waals surface area contributed by atoms with Crippen LogP contribution in [0.15, 0.2) is 46.9 Å². The van der Waals surface area contributed by atoms with Crippen LogP contribution in [0.3, 0.4) is 0 Å². The van der Waals surface area contributed by atoms with Crippen molar-refractivity contribution < 1.29 is 0 Å². The highest BCUT2D eigenvalue weighted by Crippen LogP contribution is 2.27. The molecule has 0 aliphatic rings. The maximum Gasteiger partial charge on any atom is 0.0991 e. The molecule has 19 heavy (non-hydrogen) atoms. The maximum absolute atomic E-state index is 8.91. The van der Waals surface area contributed by atoms with Gasteiger partial charge < -0.3 is 5.32 Å². The van der Waals surface area contributed by atoms with Crippen molar-refractivity contribution in [3.05, 3.63) is 63.1 Å². The minimum absolute atomic E-state index is 0.102. The summed E-state index contributed by atoms with van der Waals surface area (Å²) >= 11 is 9.42. The van der Waals surface area contributed by atoms with Crippen LogP contribution in [0.4, 0.5) is 5.69 Å². The largest absolute Gasteiger partial charge is 0.378 e. The first-order valence-electron chi connectivity index (χ1n) is 5.82.